The number of carbonyl (C=O) groups excluding carboxylic acids is 1. The highest BCUT2D eigenvalue weighted by Gasteiger charge is 2.91. The highest BCUT2D eigenvalue weighted by atomic mass is 16.4. The van der Waals surface area contributed by atoms with Gasteiger partial charge in [0.2, 0.25) is 11.7 Å². The van der Waals surface area contributed by atoms with Crippen molar-refractivity contribution >= 4 is 28.6 Å². The van der Waals surface area contributed by atoms with Gasteiger partial charge < -0.3 is 31.1 Å². The van der Waals surface area contributed by atoms with Crippen LogP contribution in [-0.4, -0.2) is 73.7 Å². The molecule has 0 saturated heterocycles. The van der Waals surface area contributed by atoms with E-state index >= 15 is 0 Å². The van der Waals surface area contributed by atoms with Gasteiger partial charge in [0.15, 0.2) is 17.0 Å². The largest absolute Gasteiger partial charge is 0.389 e. The minimum atomic E-state index is -1.40. The average Bonchev–Trinajstić information content (AvgIpc) is 3.57. The Morgan fingerprint density at radius 2 is 2.23 bits per heavy atom. The first-order chi connectivity index (χ1) is 14.3. The molecule has 3 aliphatic rings. The third-order valence-corrected chi connectivity index (χ3v) is 6.79. The monoisotopic (exact) mass is 410 g/mol. The van der Waals surface area contributed by atoms with Gasteiger partial charge in [0.1, 0.15) is 5.60 Å². The van der Waals surface area contributed by atoms with Crippen molar-refractivity contribution in [3.8, 4) is 11.8 Å². The number of nitrogens with zero attached hydrogens (tertiary/aromatic N) is 4. The van der Waals surface area contributed by atoms with E-state index in [1.165, 1.54) is 7.05 Å². The van der Waals surface area contributed by atoms with Gasteiger partial charge in [-0.05, 0) is 24.2 Å². The SMILES string of the molecule is CNC(=O)C12CC1C1C(n3cnc4c(NC)nc(C#CC(=N)CN)nc43)C1(O)C2O. The van der Waals surface area contributed by atoms with E-state index in [0.717, 1.165) is 0 Å². The lowest BCUT2D eigenvalue weighted by molar-refractivity contribution is -0.134. The van der Waals surface area contributed by atoms with Crippen LogP contribution in [0.5, 0.6) is 0 Å². The molecule has 2 aromatic heterocycles. The number of hydrogen-bond acceptors (Lipinski definition) is 9. The predicted molar refractivity (Wildman–Crippen MR) is 107 cm³/mol. The number of fused-ring (bicyclic) bond motifs is 4. The maximum absolute atomic E-state index is 12.3. The number of hydrogen-bond donors (Lipinski definition) is 6. The smallest absolute Gasteiger partial charge is 0.229 e. The summed E-state index contributed by atoms with van der Waals surface area (Å²) in [6.07, 6.45) is 0.965. The first kappa shape index (κ1) is 18.9. The molecule has 3 fully saturated rings. The number of aliphatic hydroxyl groups excluding tert-OH is 1. The molecule has 0 bridgehead atoms. The molecule has 5 rings (SSSR count). The highest BCUT2D eigenvalue weighted by molar-refractivity contribution is 5.99. The summed E-state index contributed by atoms with van der Waals surface area (Å²) < 4.78 is 1.73. The van der Waals surface area contributed by atoms with Gasteiger partial charge in [-0.3, -0.25) is 10.2 Å². The summed E-state index contributed by atoms with van der Waals surface area (Å²) in [6, 6.07) is -0.439. The van der Waals surface area contributed by atoms with Crippen molar-refractivity contribution in [1.29, 1.82) is 5.41 Å². The molecule has 1 amide bonds. The Kier molecular flexibility index (Phi) is 3.77. The molecule has 156 valence electrons. The molecule has 3 aliphatic carbocycles. The van der Waals surface area contributed by atoms with E-state index in [1.54, 1.807) is 17.9 Å². The fourth-order valence-corrected chi connectivity index (χ4v) is 5.31. The number of anilines is 1. The van der Waals surface area contributed by atoms with Gasteiger partial charge in [0.25, 0.3) is 0 Å². The maximum Gasteiger partial charge on any atom is 0.229 e. The zero-order chi connectivity index (χ0) is 21.4. The van der Waals surface area contributed by atoms with E-state index in [0.29, 0.717) is 23.4 Å². The second kappa shape index (κ2) is 5.98. The molecular weight excluding hydrogens is 388 g/mol. The van der Waals surface area contributed by atoms with Crippen LogP contribution in [0.1, 0.15) is 18.3 Å². The third-order valence-electron chi connectivity index (χ3n) is 6.79. The number of imidazole rings is 1. The van der Waals surface area contributed by atoms with Crippen LogP contribution >= 0.6 is 0 Å². The van der Waals surface area contributed by atoms with Crippen LogP contribution in [0.3, 0.4) is 0 Å². The molecule has 6 unspecified atom stereocenters. The zero-order valence-corrected chi connectivity index (χ0v) is 16.5. The van der Waals surface area contributed by atoms with Gasteiger partial charge in [0.05, 0.1) is 29.6 Å². The Labute approximate surface area is 171 Å². The van der Waals surface area contributed by atoms with E-state index in [4.69, 9.17) is 11.1 Å². The van der Waals surface area contributed by atoms with E-state index in [2.05, 4.69) is 37.4 Å². The van der Waals surface area contributed by atoms with Crippen molar-refractivity contribution in [1.82, 2.24) is 24.8 Å². The molecule has 0 spiro atoms. The predicted octanol–water partition coefficient (Wildman–Crippen LogP) is -1.77. The molecule has 11 nitrogen and oxygen atoms in total. The number of aromatic nitrogens is 4. The van der Waals surface area contributed by atoms with Gasteiger partial charge in [-0.25, -0.2) is 15.0 Å². The molecule has 3 saturated carbocycles. The molecule has 0 aliphatic heterocycles. The maximum atomic E-state index is 12.3. The van der Waals surface area contributed by atoms with Crippen molar-refractivity contribution in [2.75, 3.05) is 26.0 Å². The normalized spacial score (nSPS) is 35.1. The molecule has 2 heterocycles. The highest BCUT2D eigenvalue weighted by Crippen LogP contribution is 2.82. The van der Waals surface area contributed by atoms with Crippen molar-refractivity contribution in [3.63, 3.8) is 0 Å². The molecule has 0 radical (unpaired) electrons. The lowest BCUT2D eigenvalue weighted by Crippen LogP contribution is -2.45. The Morgan fingerprint density at radius 3 is 2.83 bits per heavy atom. The number of amides is 1. The van der Waals surface area contributed by atoms with Gasteiger partial charge in [0, 0.05) is 26.6 Å². The molecule has 30 heavy (non-hydrogen) atoms. The minimum Gasteiger partial charge on any atom is -0.389 e. The number of nitrogens with one attached hydrogen (secondary N) is 3. The van der Waals surface area contributed by atoms with Gasteiger partial charge in [-0.2, -0.15) is 0 Å². The van der Waals surface area contributed by atoms with Crippen LogP contribution in [0.4, 0.5) is 5.82 Å². The van der Waals surface area contributed by atoms with Crippen molar-refractivity contribution in [2.24, 2.45) is 23.0 Å². The Balaban J connectivity index is 1.55. The van der Waals surface area contributed by atoms with Crippen molar-refractivity contribution in [2.45, 2.75) is 24.2 Å². The van der Waals surface area contributed by atoms with Crippen LogP contribution in [0.25, 0.3) is 11.2 Å². The summed E-state index contributed by atoms with van der Waals surface area (Å²) in [5.74, 6) is 5.42. The van der Waals surface area contributed by atoms with Gasteiger partial charge in [-0.1, -0.05) is 0 Å². The number of nitrogens with two attached hydrogens (primary N) is 1. The van der Waals surface area contributed by atoms with E-state index in [-0.39, 0.29) is 35.8 Å². The lowest BCUT2D eigenvalue weighted by atomic mass is 9.93. The number of carbonyl (C=O) groups is 1. The topological polar surface area (TPSA) is 175 Å². The number of aliphatic hydroxyl groups is 2. The number of rotatable bonds is 4. The molecule has 2 aromatic rings. The quantitative estimate of drug-likeness (QED) is 0.253. The lowest BCUT2D eigenvalue weighted by Gasteiger charge is -2.25. The van der Waals surface area contributed by atoms with Gasteiger partial charge in [-0.15, -0.1) is 0 Å². The van der Waals surface area contributed by atoms with E-state index in [9.17, 15) is 15.0 Å². The summed E-state index contributed by atoms with van der Waals surface area (Å²) in [5.41, 5.74) is 4.14. The fraction of sp³-hybridized carbons (Fsp3) is 0.526. The first-order valence-electron chi connectivity index (χ1n) is 9.69. The zero-order valence-electron chi connectivity index (χ0n) is 16.5. The minimum absolute atomic E-state index is 0.0230. The van der Waals surface area contributed by atoms with E-state index in [1.807, 2.05) is 0 Å². The van der Waals surface area contributed by atoms with Crippen molar-refractivity contribution < 1.29 is 15.0 Å². The first-order valence-corrected chi connectivity index (χ1v) is 9.69. The van der Waals surface area contributed by atoms with Crippen LogP contribution in [0.2, 0.25) is 0 Å². The molecule has 7 N–H and O–H groups in total. The Bertz CT molecular complexity index is 1170. The molecule has 11 heteroatoms. The summed E-state index contributed by atoms with van der Waals surface area (Å²) in [5, 5.41) is 35.3. The summed E-state index contributed by atoms with van der Waals surface area (Å²) >= 11 is 0. The van der Waals surface area contributed by atoms with Crippen LogP contribution < -0.4 is 16.4 Å². The average molecular weight is 410 g/mol. The Morgan fingerprint density at radius 1 is 1.47 bits per heavy atom. The van der Waals surface area contributed by atoms with E-state index < -0.39 is 23.2 Å². The second-order valence-electron chi connectivity index (χ2n) is 8.09. The molecule has 6 atom stereocenters. The second-order valence-corrected chi connectivity index (χ2v) is 8.09. The van der Waals surface area contributed by atoms with Crippen LogP contribution in [-0.2, 0) is 4.79 Å². The van der Waals surface area contributed by atoms with Crippen LogP contribution in [0, 0.1) is 34.5 Å². The summed E-state index contributed by atoms with van der Waals surface area (Å²) in [7, 11) is 3.24. The fourth-order valence-electron chi connectivity index (χ4n) is 5.31. The molecular formula is C19H22N8O3. The van der Waals surface area contributed by atoms with Crippen LogP contribution in [0.15, 0.2) is 6.33 Å². The standard InChI is InChI=1S/C19H22N8O3/c1-22-14-12-15(26-10(25-14)4-3-8(21)6-20)27(7-24-12)13-11-9-5-18(9,17(29)23-2)16(28)19(11,13)30/h7,9,11,13,16,21,28,30H,5-6,20H2,1-2H3,(H,23,29)(H,22,25,26). The Hall–Kier alpha value is -3.07. The summed E-state index contributed by atoms with van der Waals surface area (Å²) in [6.45, 7) is 0.0230. The van der Waals surface area contributed by atoms with Gasteiger partial charge >= 0.3 is 0 Å². The third kappa shape index (κ3) is 2.13. The summed E-state index contributed by atoms with van der Waals surface area (Å²) in [4.78, 5) is 25.5. The van der Waals surface area contributed by atoms with Crippen molar-refractivity contribution in [3.05, 3.63) is 12.2 Å². The molecule has 0 aromatic carbocycles.